The van der Waals surface area contributed by atoms with Crippen molar-refractivity contribution in [1.29, 1.82) is 0 Å². The Kier molecular flexibility index (Phi) is 2.11. The fraction of sp³-hybridized carbons (Fsp3) is 0.167. The van der Waals surface area contributed by atoms with Gasteiger partial charge in [-0.2, -0.15) is 0 Å². The molecule has 0 N–H and O–H groups in total. The number of ether oxygens (including phenoxy) is 2. The van der Waals surface area contributed by atoms with E-state index >= 15 is 0 Å². The summed E-state index contributed by atoms with van der Waals surface area (Å²) in [6.45, 7) is 0.301. The molecule has 0 bridgehead atoms. The predicted octanol–water partition coefficient (Wildman–Crippen LogP) is 2.29. The van der Waals surface area contributed by atoms with Crippen LogP contribution >= 0.6 is 23.5 Å². The zero-order chi connectivity index (χ0) is 13.1. The first-order valence-electron chi connectivity index (χ1n) is 6.03. The molecule has 0 spiro atoms. The number of hydrogen-bond acceptors (Lipinski definition) is 7. The van der Waals surface area contributed by atoms with Crippen LogP contribution in [0.5, 0.6) is 11.5 Å². The van der Waals surface area contributed by atoms with Crippen LogP contribution in [0.1, 0.15) is 10.9 Å². The van der Waals surface area contributed by atoms with Gasteiger partial charge in [0.15, 0.2) is 11.5 Å². The molecule has 1 atom stereocenters. The van der Waals surface area contributed by atoms with Crippen LogP contribution in [-0.4, -0.2) is 21.7 Å². The summed E-state index contributed by atoms with van der Waals surface area (Å²) >= 11 is 3.41. The number of nitrogens with zero attached hydrogens (tertiary/aromatic N) is 4. The molecule has 100 valence electrons. The van der Waals surface area contributed by atoms with Crippen LogP contribution in [0.2, 0.25) is 0 Å². The summed E-state index contributed by atoms with van der Waals surface area (Å²) in [5.74, 6) is 1.62. The van der Waals surface area contributed by atoms with Crippen LogP contribution in [0.25, 0.3) is 0 Å². The van der Waals surface area contributed by atoms with Crippen LogP contribution in [0.4, 0.5) is 0 Å². The van der Waals surface area contributed by atoms with E-state index < -0.39 is 0 Å². The Morgan fingerprint density at radius 3 is 3.20 bits per heavy atom. The van der Waals surface area contributed by atoms with Gasteiger partial charge in [-0.05, 0) is 29.5 Å². The smallest absolute Gasteiger partial charge is 0.231 e. The first-order chi connectivity index (χ1) is 9.90. The molecule has 0 saturated carbocycles. The van der Waals surface area contributed by atoms with Crippen molar-refractivity contribution >= 4 is 23.5 Å². The SMILES string of the molecule is C1=C2Sc3nncn3N2C(c2ccc3c(c2)OCO3)S1. The molecule has 0 fully saturated rings. The molecule has 0 aliphatic carbocycles. The Bertz CT molecular complexity index is 745. The van der Waals surface area contributed by atoms with Crippen molar-refractivity contribution < 1.29 is 9.47 Å². The van der Waals surface area contributed by atoms with Crippen LogP contribution in [-0.2, 0) is 0 Å². The van der Waals surface area contributed by atoms with E-state index in [1.165, 1.54) is 10.6 Å². The second kappa shape index (κ2) is 3.86. The Morgan fingerprint density at radius 2 is 2.20 bits per heavy atom. The summed E-state index contributed by atoms with van der Waals surface area (Å²) in [5.41, 5.74) is 1.17. The summed E-state index contributed by atoms with van der Waals surface area (Å²) < 4.78 is 12.8. The maximum Gasteiger partial charge on any atom is 0.231 e. The lowest BCUT2D eigenvalue weighted by molar-refractivity contribution is 0.174. The highest BCUT2D eigenvalue weighted by Gasteiger charge is 2.38. The largest absolute Gasteiger partial charge is 0.454 e. The second-order valence-electron chi connectivity index (χ2n) is 4.46. The molecule has 3 aliphatic heterocycles. The van der Waals surface area contributed by atoms with Gasteiger partial charge in [-0.15, -0.1) is 10.2 Å². The quantitative estimate of drug-likeness (QED) is 0.801. The molecule has 2 aromatic rings. The second-order valence-corrected chi connectivity index (χ2v) is 6.40. The Morgan fingerprint density at radius 1 is 1.25 bits per heavy atom. The zero-order valence-electron chi connectivity index (χ0n) is 10.1. The molecule has 5 rings (SSSR count). The van der Waals surface area contributed by atoms with Crippen molar-refractivity contribution in [2.75, 3.05) is 11.8 Å². The lowest BCUT2D eigenvalue weighted by Gasteiger charge is -2.24. The van der Waals surface area contributed by atoms with Crippen LogP contribution in [0, 0.1) is 0 Å². The molecule has 4 heterocycles. The lowest BCUT2D eigenvalue weighted by atomic mass is 10.2. The third-order valence-electron chi connectivity index (χ3n) is 3.36. The van der Waals surface area contributed by atoms with Gasteiger partial charge in [-0.25, -0.2) is 4.68 Å². The minimum Gasteiger partial charge on any atom is -0.454 e. The van der Waals surface area contributed by atoms with E-state index in [2.05, 4.69) is 26.7 Å². The molecule has 1 aromatic heterocycles. The van der Waals surface area contributed by atoms with Crippen molar-refractivity contribution in [3.05, 3.63) is 40.5 Å². The minimum absolute atomic E-state index is 0.171. The Labute approximate surface area is 122 Å². The Balaban J connectivity index is 1.57. The van der Waals surface area contributed by atoms with E-state index in [0.29, 0.717) is 6.79 Å². The average Bonchev–Trinajstić information content (AvgIpc) is 3.18. The average molecular weight is 304 g/mol. The summed E-state index contributed by atoms with van der Waals surface area (Å²) in [6.07, 6.45) is 1.75. The number of fused-ring (bicyclic) bond motifs is 4. The highest BCUT2D eigenvalue weighted by molar-refractivity contribution is 8.07. The van der Waals surface area contributed by atoms with Gasteiger partial charge in [0.05, 0.1) is 0 Å². The van der Waals surface area contributed by atoms with E-state index in [-0.39, 0.29) is 5.37 Å². The van der Waals surface area contributed by atoms with Gasteiger partial charge >= 0.3 is 0 Å². The van der Waals surface area contributed by atoms with Gasteiger partial charge in [-0.3, -0.25) is 5.01 Å². The van der Waals surface area contributed by atoms with Gasteiger partial charge < -0.3 is 9.47 Å². The first kappa shape index (κ1) is 10.9. The van der Waals surface area contributed by atoms with Crippen LogP contribution < -0.4 is 14.5 Å². The fourth-order valence-electron chi connectivity index (χ4n) is 2.45. The third-order valence-corrected chi connectivity index (χ3v) is 5.56. The number of hydrogen-bond donors (Lipinski definition) is 0. The predicted molar refractivity (Wildman–Crippen MR) is 75.1 cm³/mol. The number of benzene rings is 1. The number of aromatic nitrogens is 3. The van der Waals surface area contributed by atoms with Gasteiger partial charge in [-0.1, -0.05) is 17.8 Å². The molecular weight excluding hydrogens is 296 g/mol. The zero-order valence-corrected chi connectivity index (χ0v) is 11.7. The van der Waals surface area contributed by atoms with E-state index in [1.54, 1.807) is 29.9 Å². The first-order valence-corrected chi connectivity index (χ1v) is 7.79. The van der Waals surface area contributed by atoms with E-state index in [1.807, 2.05) is 16.8 Å². The molecule has 8 heteroatoms. The fourth-order valence-corrected chi connectivity index (χ4v) is 4.66. The molecule has 20 heavy (non-hydrogen) atoms. The molecule has 3 aliphatic rings. The number of rotatable bonds is 1. The highest BCUT2D eigenvalue weighted by atomic mass is 32.2. The van der Waals surface area contributed by atoms with Crippen LogP contribution in [0.15, 0.2) is 40.1 Å². The van der Waals surface area contributed by atoms with Gasteiger partial charge in [0.1, 0.15) is 16.7 Å². The normalized spacial score (nSPS) is 21.9. The van der Waals surface area contributed by atoms with Crippen molar-refractivity contribution in [2.24, 2.45) is 0 Å². The molecule has 6 nitrogen and oxygen atoms in total. The third kappa shape index (κ3) is 1.37. The molecule has 0 saturated heterocycles. The van der Waals surface area contributed by atoms with Gasteiger partial charge in [0.2, 0.25) is 11.9 Å². The summed E-state index contributed by atoms with van der Waals surface area (Å²) in [5, 5.41) is 14.7. The minimum atomic E-state index is 0.171. The molecular formula is C12H8N4O2S2. The van der Waals surface area contributed by atoms with Crippen molar-refractivity contribution in [2.45, 2.75) is 10.5 Å². The lowest BCUT2D eigenvalue weighted by Crippen LogP contribution is -2.28. The molecule has 0 radical (unpaired) electrons. The number of thioether (sulfide) groups is 2. The van der Waals surface area contributed by atoms with Crippen LogP contribution in [0.3, 0.4) is 0 Å². The summed E-state index contributed by atoms with van der Waals surface area (Å²) in [4.78, 5) is 0. The van der Waals surface area contributed by atoms with Crippen molar-refractivity contribution in [3.63, 3.8) is 0 Å². The van der Waals surface area contributed by atoms with E-state index in [4.69, 9.17) is 9.47 Å². The van der Waals surface area contributed by atoms with Gasteiger partial charge in [0.25, 0.3) is 0 Å². The monoisotopic (exact) mass is 304 g/mol. The Hall–Kier alpha value is -1.80. The molecule has 1 unspecified atom stereocenters. The standard InChI is InChI=1S/C12H8N4O2S2/c1-2-8-9(18-6-17-8)3-7(1)11-16-10(4-19-11)20-12-14-13-5-15(12)16/h1-5,11H,6H2. The van der Waals surface area contributed by atoms with E-state index in [0.717, 1.165) is 16.7 Å². The van der Waals surface area contributed by atoms with Crippen molar-refractivity contribution in [1.82, 2.24) is 14.9 Å². The summed E-state index contributed by atoms with van der Waals surface area (Å²) in [7, 11) is 0. The molecule has 0 amide bonds. The van der Waals surface area contributed by atoms with Crippen molar-refractivity contribution in [3.8, 4) is 11.5 Å². The molecule has 1 aromatic carbocycles. The maximum atomic E-state index is 5.46. The summed E-state index contributed by atoms with van der Waals surface area (Å²) in [6, 6.07) is 6.09. The van der Waals surface area contributed by atoms with Gasteiger partial charge in [0, 0.05) is 5.41 Å². The highest BCUT2D eigenvalue weighted by Crippen LogP contribution is 2.51. The topological polar surface area (TPSA) is 52.4 Å². The van der Waals surface area contributed by atoms with E-state index in [9.17, 15) is 0 Å². The maximum absolute atomic E-state index is 5.46.